The van der Waals surface area contributed by atoms with Crippen LogP contribution in [0.5, 0.6) is 0 Å². The van der Waals surface area contributed by atoms with Gasteiger partial charge in [-0.1, -0.05) is 44.2 Å². The Morgan fingerprint density at radius 2 is 1.83 bits per heavy atom. The number of benzene rings is 1. The monoisotopic (exact) mass is 506 g/mol. The topological polar surface area (TPSA) is 142 Å². The van der Waals surface area contributed by atoms with Gasteiger partial charge in [0.15, 0.2) is 0 Å². The van der Waals surface area contributed by atoms with Crippen LogP contribution in [0.4, 0.5) is 0 Å². The molecule has 0 saturated carbocycles. The third kappa shape index (κ3) is 8.85. The predicted octanol–water partition coefficient (Wildman–Crippen LogP) is 1.40. The van der Waals surface area contributed by atoms with E-state index in [-0.39, 0.29) is 24.7 Å². The third-order valence-corrected chi connectivity index (χ3v) is 6.67. The van der Waals surface area contributed by atoms with Crippen molar-refractivity contribution in [2.24, 2.45) is 11.7 Å². The standard InChI is InChI=1S/C25H38N4O5S/c1-16(2)14-20(25(33)34)28-22(30)19(15-17-8-5-4-6-9-17)27-23(31)21-10-7-12-29(21)24(32)18(26)11-13-35-3/h4-6,8-9,16,18-21H,7,10-15,26H2,1-3H3,(H,27,31)(H,28,30)(H,33,34). The lowest BCUT2D eigenvalue weighted by molar-refractivity contribution is -0.143. The number of hydrogen-bond donors (Lipinski definition) is 4. The number of aliphatic carboxylic acids is 1. The number of amides is 3. The molecule has 35 heavy (non-hydrogen) atoms. The van der Waals surface area contributed by atoms with Gasteiger partial charge in [-0.05, 0) is 49.2 Å². The zero-order valence-corrected chi connectivity index (χ0v) is 21.6. The first-order valence-electron chi connectivity index (χ1n) is 12.1. The largest absolute Gasteiger partial charge is 0.480 e. The van der Waals surface area contributed by atoms with Gasteiger partial charge in [-0.15, -0.1) is 0 Å². The van der Waals surface area contributed by atoms with E-state index in [1.54, 1.807) is 11.8 Å². The van der Waals surface area contributed by atoms with Crippen LogP contribution in [0.1, 0.15) is 45.1 Å². The van der Waals surface area contributed by atoms with Gasteiger partial charge in [-0.2, -0.15) is 11.8 Å². The summed E-state index contributed by atoms with van der Waals surface area (Å²) >= 11 is 1.60. The van der Waals surface area contributed by atoms with Crippen molar-refractivity contribution in [1.82, 2.24) is 15.5 Å². The number of nitrogens with zero attached hydrogens (tertiary/aromatic N) is 1. The van der Waals surface area contributed by atoms with Crippen LogP contribution in [0.2, 0.25) is 0 Å². The fourth-order valence-electron chi connectivity index (χ4n) is 4.18. The number of carbonyl (C=O) groups excluding carboxylic acids is 3. The molecule has 1 aromatic rings. The zero-order valence-electron chi connectivity index (χ0n) is 20.7. The number of carbonyl (C=O) groups is 4. The van der Waals surface area contributed by atoms with E-state index in [1.807, 2.05) is 50.4 Å². The van der Waals surface area contributed by atoms with E-state index in [2.05, 4.69) is 10.6 Å². The van der Waals surface area contributed by atoms with Crippen LogP contribution in [0.15, 0.2) is 30.3 Å². The molecule has 1 heterocycles. The molecule has 194 valence electrons. The lowest BCUT2D eigenvalue weighted by Gasteiger charge is -2.29. The Bertz CT molecular complexity index is 867. The molecule has 1 saturated heterocycles. The van der Waals surface area contributed by atoms with Gasteiger partial charge >= 0.3 is 5.97 Å². The summed E-state index contributed by atoms with van der Waals surface area (Å²) in [6.07, 6.45) is 4.08. The summed E-state index contributed by atoms with van der Waals surface area (Å²) in [6, 6.07) is 5.76. The Kier molecular flexibility index (Phi) is 11.5. The van der Waals surface area contributed by atoms with Crippen LogP contribution in [-0.4, -0.2) is 76.4 Å². The number of hydrogen-bond acceptors (Lipinski definition) is 6. The Hall–Kier alpha value is -2.59. The highest BCUT2D eigenvalue weighted by molar-refractivity contribution is 7.98. The van der Waals surface area contributed by atoms with Crippen molar-refractivity contribution in [3.8, 4) is 0 Å². The van der Waals surface area contributed by atoms with Gasteiger partial charge in [-0.25, -0.2) is 4.79 Å². The van der Waals surface area contributed by atoms with Crippen LogP contribution in [0.25, 0.3) is 0 Å². The van der Waals surface area contributed by atoms with Crippen LogP contribution in [-0.2, 0) is 25.6 Å². The van der Waals surface area contributed by atoms with Gasteiger partial charge in [0.1, 0.15) is 18.1 Å². The number of nitrogens with one attached hydrogen (secondary N) is 2. The number of carboxylic acid groups (broad SMARTS) is 1. The number of carboxylic acids is 1. The van der Waals surface area contributed by atoms with E-state index in [0.717, 1.165) is 11.3 Å². The number of rotatable bonds is 13. The molecular weight excluding hydrogens is 468 g/mol. The second-order valence-corrected chi connectivity index (χ2v) is 10.3. The molecule has 9 nitrogen and oxygen atoms in total. The quantitative estimate of drug-likeness (QED) is 0.317. The molecule has 1 aliphatic rings. The van der Waals surface area contributed by atoms with E-state index < -0.39 is 42.0 Å². The summed E-state index contributed by atoms with van der Waals surface area (Å²) in [5.74, 6) is -1.57. The second-order valence-electron chi connectivity index (χ2n) is 9.36. The number of thioether (sulfide) groups is 1. The molecule has 4 unspecified atom stereocenters. The molecule has 1 aliphatic heterocycles. The fraction of sp³-hybridized carbons (Fsp3) is 0.600. The Balaban J connectivity index is 2.17. The minimum atomic E-state index is -1.12. The smallest absolute Gasteiger partial charge is 0.326 e. The molecule has 1 aromatic carbocycles. The minimum Gasteiger partial charge on any atom is -0.480 e. The Labute approximate surface area is 211 Å². The van der Waals surface area contributed by atoms with Gasteiger partial charge in [0.2, 0.25) is 17.7 Å². The molecule has 2 rings (SSSR count). The molecule has 3 amide bonds. The van der Waals surface area contributed by atoms with Crippen LogP contribution < -0.4 is 16.4 Å². The first kappa shape index (κ1) is 28.6. The SMILES string of the molecule is CSCCC(N)C(=O)N1CCCC1C(=O)NC(Cc1ccccc1)C(=O)NC(CC(C)C)C(=O)O. The molecule has 0 spiro atoms. The summed E-state index contributed by atoms with van der Waals surface area (Å²) in [4.78, 5) is 52.5. The number of likely N-dealkylation sites (tertiary alicyclic amines) is 1. The van der Waals surface area contributed by atoms with Gasteiger partial charge in [0, 0.05) is 13.0 Å². The summed E-state index contributed by atoms with van der Waals surface area (Å²) in [7, 11) is 0. The lowest BCUT2D eigenvalue weighted by atomic mass is 10.0. The molecular formula is C25H38N4O5S. The molecule has 1 fully saturated rings. The lowest BCUT2D eigenvalue weighted by Crippen LogP contribution is -2.57. The first-order valence-corrected chi connectivity index (χ1v) is 13.5. The van der Waals surface area contributed by atoms with Crippen molar-refractivity contribution >= 4 is 35.5 Å². The summed E-state index contributed by atoms with van der Waals surface area (Å²) in [5.41, 5.74) is 6.89. The molecule has 0 bridgehead atoms. The molecule has 0 radical (unpaired) electrons. The zero-order chi connectivity index (χ0) is 26.0. The first-order chi connectivity index (χ1) is 16.6. The molecule has 0 aliphatic carbocycles. The van der Waals surface area contributed by atoms with Gasteiger partial charge in [0.05, 0.1) is 6.04 Å². The Morgan fingerprint density at radius 1 is 1.14 bits per heavy atom. The van der Waals surface area contributed by atoms with Gasteiger partial charge < -0.3 is 26.4 Å². The van der Waals surface area contributed by atoms with Crippen LogP contribution in [0.3, 0.4) is 0 Å². The summed E-state index contributed by atoms with van der Waals surface area (Å²) < 4.78 is 0. The van der Waals surface area contributed by atoms with Crippen molar-refractivity contribution < 1.29 is 24.3 Å². The van der Waals surface area contributed by atoms with Crippen LogP contribution in [0, 0.1) is 5.92 Å². The van der Waals surface area contributed by atoms with Crippen molar-refractivity contribution in [3.63, 3.8) is 0 Å². The van der Waals surface area contributed by atoms with E-state index >= 15 is 0 Å². The second kappa shape index (κ2) is 14.1. The predicted molar refractivity (Wildman–Crippen MR) is 137 cm³/mol. The fourth-order valence-corrected chi connectivity index (χ4v) is 4.67. The van der Waals surface area contributed by atoms with E-state index in [0.29, 0.717) is 25.8 Å². The molecule has 0 aromatic heterocycles. The maximum absolute atomic E-state index is 13.3. The van der Waals surface area contributed by atoms with E-state index in [4.69, 9.17) is 5.73 Å². The third-order valence-electron chi connectivity index (χ3n) is 6.03. The van der Waals surface area contributed by atoms with Crippen molar-refractivity contribution in [2.75, 3.05) is 18.6 Å². The van der Waals surface area contributed by atoms with Crippen molar-refractivity contribution in [2.45, 2.75) is 70.1 Å². The van der Waals surface area contributed by atoms with Crippen molar-refractivity contribution in [1.29, 1.82) is 0 Å². The highest BCUT2D eigenvalue weighted by atomic mass is 32.2. The molecule has 10 heteroatoms. The summed E-state index contributed by atoms with van der Waals surface area (Å²) in [5, 5.41) is 14.9. The average Bonchev–Trinajstić information content (AvgIpc) is 3.31. The highest BCUT2D eigenvalue weighted by Gasteiger charge is 2.38. The summed E-state index contributed by atoms with van der Waals surface area (Å²) in [6.45, 7) is 4.19. The average molecular weight is 507 g/mol. The maximum Gasteiger partial charge on any atom is 0.326 e. The van der Waals surface area contributed by atoms with E-state index in [9.17, 15) is 24.3 Å². The number of nitrogens with two attached hydrogens (primary N) is 1. The maximum atomic E-state index is 13.3. The highest BCUT2D eigenvalue weighted by Crippen LogP contribution is 2.20. The van der Waals surface area contributed by atoms with Crippen molar-refractivity contribution in [3.05, 3.63) is 35.9 Å². The minimum absolute atomic E-state index is 0.0620. The van der Waals surface area contributed by atoms with Gasteiger partial charge in [0.25, 0.3) is 0 Å². The molecule has 5 N–H and O–H groups in total. The van der Waals surface area contributed by atoms with E-state index in [1.165, 1.54) is 4.90 Å². The van der Waals surface area contributed by atoms with Gasteiger partial charge in [-0.3, -0.25) is 14.4 Å². The molecule has 4 atom stereocenters. The normalized spacial score (nSPS) is 18.1. The van der Waals surface area contributed by atoms with Crippen LogP contribution >= 0.6 is 11.8 Å². The Morgan fingerprint density at radius 3 is 2.43 bits per heavy atom.